The number of hydrogen-bond donors (Lipinski definition) is 2. The summed E-state index contributed by atoms with van der Waals surface area (Å²) in [6.07, 6.45) is 3.21. The largest absolute Gasteiger partial charge is 0.480 e. The van der Waals surface area contributed by atoms with Crippen LogP contribution < -0.4 is 10.1 Å². The van der Waals surface area contributed by atoms with E-state index in [1.807, 2.05) is 0 Å². The van der Waals surface area contributed by atoms with Gasteiger partial charge in [-0.2, -0.15) is 0 Å². The van der Waals surface area contributed by atoms with Crippen molar-refractivity contribution in [3.63, 3.8) is 0 Å². The van der Waals surface area contributed by atoms with Crippen LogP contribution in [0.15, 0.2) is 18.3 Å². The summed E-state index contributed by atoms with van der Waals surface area (Å²) in [6.45, 7) is 5.73. The quantitative estimate of drug-likeness (QED) is 0.793. The molecule has 0 spiro atoms. The molecule has 1 aromatic rings. The third-order valence-corrected chi connectivity index (χ3v) is 3.42. The number of aliphatic carboxylic acids is 1. The maximum Gasteiger partial charge on any atom is 0.408 e. The number of carbonyl (C=O) groups excluding carboxylic acids is 1. The van der Waals surface area contributed by atoms with Crippen molar-refractivity contribution >= 4 is 12.1 Å². The summed E-state index contributed by atoms with van der Waals surface area (Å²) < 4.78 is 10.8. The summed E-state index contributed by atoms with van der Waals surface area (Å²) in [4.78, 5) is 27.5. The minimum atomic E-state index is -1.14. The van der Waals surface area contributed by atoms with Gasteiger partial charge in [-0.1, -0.05) is 6.07 Å². The standard InChI is InChI=1S/C17H24N2O5/c1-17(2,3)24-16(22)19-13(15(20)21)9-12-5-4-8-18-14(12)23-10-11-6-7-11/h4-5,8,11,13H,6-7,9-10H2,1-3H3,(H,19,22)(H,20,21). The van der Waals surface area contributed by atoms with Crippen LogP contribution in [-0.4, -0.2) is 40.4 Å². The van der Waals surface area contributed by atoms with Crippen molar-refractivity contribution in [2.75, 3.05) is 6.61 Å². The Morgan fingerprint density at radius 3 is 2.71 bits per heavy atom. The fraction of sp³-hybridized carbons (Fsp3) is 0.588. The van der Waals surface area contributed by atoms with Gasteiger partial charge < -0.3 is 19.9 Å². The van der Waals surface area contributed by atoms with Gasteiger partial charge in [0.2, 0.25) is 5.88 Å². The second-order valence-corrected chi connectivity index (χ2v) is 6.96. The number of nitrogens with one attached hydrogen (secondary N) is 1. The Hall–Kier alpha value is -2.31. The fourth-order valence-electron chi connectivity index (χ4n) is 2.06. The highest BCUT2D eigenvalue weighted by Crippen LogP contribution is 2.30. The summed E-state index contributed by atoms with van der Waals surface area (Å²) in [6, 6.07) is 2.35. The number of nitrogens with zero attached hydrogens (tertiary/aromatic N) is 1. The molecular formula is C17H24N2O5. The van der Waals surface area contributed by atoms with Gasteiger partial charge in [0, 0.05) is 18.2 Å². The first-order chi connectivity index (χ1) is 11.2. The lowest BCUT2D eigenvalue weighted by atomic mass is 10.1. The highest BCUT2D eigenvalue weighted by Gasteiger charge is 2.26. The SMILES string of the molecule is CC(C)(C)OC(=O)NC(Cc1cccnc1OCC1CC1)C(=O)O. The van der Waals surface area contributed by atoms with Gasteiger partial charge in [0.25, 0.3) is 0 Å². The highest BCUT2D eigenvalue weighted by molar-refractivity contribution is 5.80. The number of amides is 1. The molecule has 1 aliphatic rings. The predicted octanol–water partition coefficient (Wildman–Crippen LogP) is 2.39. The van der Waals surface area contributed by atoms with Crippen LogP contribution in [0.2, 0.25) is 0 Å². The van der Waals surface area contributed by atoms with E-state index in [9.17, 15) is 14.7 Å². The van der Waals surface area contributed by atoms with Crippen LogP contribution in [0.5, 0.6) is 5.88 Å². The van der Waals surface area contributed by atoms with Crippen molar-refractivity contribution in [3.05, 3.63) is 23.9 Å². The number of carbonyl (C=O) groups is 2. The maximum absolute atomic E-state index is 11.8. The van der Waals surface area contributed by atoms with E-state index in [0.717, 1.165) is 12.8 Å². The molecule has 1 aromatic heterocycles. The minimum Gasteiger partial charge on any atom is -0.480 e. The van der Waals surface area contributed by atoms with E-state index in [4.69, 9.17) is 9.47 Å². The van der Waals surface area contributed by atoms with Gasteiger partial charge in [-0.25, -0.2) is 14.6 Å². The highest BCUT2D eigenvalue weighted by atomic mass is 16.6. The van der Waals surface area contributed by atoms with Gasteiger partial charge in [-0.15, -0.1) is 0 Å². The second kappa shape index (κ2) is 7.51. The lowest BCUT2D eigenvalue weighted by Crippen LogP contribution is -2.44. The van der Waals surface area contributed by atoms with Crippen LogP contribution in [0.4, 0.5) is 4.79 Å². The minimum absolute atomic E-state index is 0.0718. The Morgan fingerprint density at radius 1 is 1.42 bits per heavy atom. The Bertz CT molecular complexity index is 593. The average molecular weight is 336 g/mol. The van der Waals surface area contributed by atoms with E-state index in [-0.39, 0.29) is 6.42 Å². The molecule has 1 heterocycles. The molecule has 1 fully saturated rings. The summed E-state index contributed by atoms with van der Waals surface area (Å²) in [7, 11) is 0. The molecule has 1 aliphatic carbocycles. The molecule has 0 bridgehead atoms. The molecule has 0 aliphatic heterocycles. The Balaban J connectivity index is 2.01. The number of rotatable bonds is 7. The number of carboxylic acid groups (broad SMARTS) is 1. The average Bonchev–Trinajstić information content (AvgIpc) is 3.27. The number of pyridine rings is 1. The maximum atomic E-state index is 11.8. The molecule has 24 heavy (non-hydrogen) atoms. The predicted molar refractivity (Wildman–Crippen MR) is 87.0 cm³/mol. The number of alkyl carbamates (subject to hydrolysis) is 1. The van der Waals surface area contributed by atoms with Crippen molar-refractivity contribution in [2.24, 2.45) is 5.92 Å². The molecule has 2 N–H and O–H groups in total. The molecule has 1 atom stereocenters. The molecule has 0 saturated heterocycles. The van der Waals surface area contributed by atoms with Crippen molar-refractivity contribution in [1.82, 2.24) is 10.3 Å². The number of ether oxygens (including phenoxy) is 2. The van der Waals surface area contributed by atoms with Crippen LogP contribution in [0.25, 0.3) is 0 Å². The third kappa shape index (κ3) is 6.06. The Kier molecular flexibility index (Phi) is 5.64. The van der Waals surface area contributed by atoms with Crippen molar-refractivity contribution < 1.29 is 24.2 Å². The smallest absolute Gasteiger partial charge is 0.408 e. The topological polar surface area (TPSA) is 97.8 Å². The fourth-order valence-corrected chi connectivity index (χ4v) is 2.06. The molecule has 0 aromatic carbocycles. The van der Waals surface area contributed by atoms with Crippen molar-refractivity contribution in [1.29, 1.82) is 0 Å². The van der Waals surface area contributed by atoms with E-state index in [2.05, 4.69) is 10.3 Å². The van der Waals surface area contributed by atoms with E-state index in [1.165, 1.54) is 0 Å². The zero-order valence-electron chi connectivity index (χ0n) is 14.2. The van der Waals surface area contributed by atoms with E-state index in [1.54, 1.807) is 39.1 Å². The van der Waals surface area contributed by atoms with Crippen LogP contribution in [-0.2, 0) is 16.0 Å². The zero-order valence-corrected chi connectivity index (χ0v) is 14.2. The summed E-state index contributed by atoms with van der Waals surface area (Å²) in [5, 5.41) is 11.8. The van der Waals surface area contributed by atoms with Crippen LogP contribution in [0, 0.1) is 5.92 Å². The third-order valence-electron chi connectivity index (χ3n) is 3.42. The van der Waals surface area contributed by atoms with Gasteiger partial charge in [0.15, 0.2) is 0 Å². The first kappa shape index (κ1) is 18.0. The lowest BCUT2D eigenvalue weighted by molar-refractivity contribution is -0.139. The molecule has 7 nitrogen and oxygen atoms in total. The van der Waals surface area contributed by atoms with Gasteiger partial charge in [-0.3, -0.25) is 0 Å². The van der Waals surface area contributed by atoms with E-state index < -0.39 is 23.7 Å². The van der Waals surface area contributed by atoms with E-state index in [0.29, 0.717) is 24.0 Å². The number of hydrogen-bond acceptors (Lipinski definition) is 5. The van der Waals surface area contributed by atoms with Crippen molar-refractivity contribution in [3.8, 4) is 5.88 Å². The lowest BCUT2D eigenvalue weighted by Gasteiger charge is -2.22. The summed E-state index contributed by atoms with van der Waals surface area (Å²) >= 11 is 0. The molecule has 0 radical (unpaired) electrons. The molecule has 1 amide bonds. The van der Waals surface area contributed by atoms with E-state index >= 15 is 0 Å². The number of carboxylic acids is 1. The Morgan fingerprint density at radius 2 is 2.12 bits per heavy atom. The molecular weight excluding hydrogens is 312 g/mol. The molecule has 1 unspecified atom stereocenters. The van der Waals surface area contributed by atoms with Gasteiger partial charge in [0.05, 0.1) is 6.61 Å². The molecule has 2 rings (SSSR count). The van der Waals surface area contributed by atoms with Crippen LogP contribution in [0.1, 0.15) is 39.2 Å². The number of aromatic nitrogens is 1. The molecule has 132 valence electrons. The van der Waals surface area contributed by atoms with Gasteiger partial charge in [0.1, 0.15) is 11.6 Å². The zero-order chi connectivity index (χ0) is 17.7. The van der Waals surface area contributed by atoms with Crippen LogP contribution in [0.3, 0.4) is 0 Å². The van der Waals surface area contributed by atoms with Gasteiger partial charge in [-0.05, 0) is 45.6 Å². The first-order valence-corrected chi connectivity index (χ1v) is 8.03. The Labute approximate surface area is 141 Å². The monoisotopic (exact) mass is 336 g/mol. The van der Waals surface area contributed by atoms with Gasteiger partial charge >= 0.3 is 12.1 Å². The molecule has 7 heteroatoms. The summed E-state index contributed by atoms with van der Waals surface area (Å²) in [5.74, 6) is -0.158. The van der Waals surface area contributed by atoms with Crippen molar-refractivity contribution in [2.45, 2.75) is 51.7 Å². The normalized spacial score (nSPS) is 15.5. The second-order valence-electron chi connectivity index (χ2n) is 6.96. The first-order valence-electron chi connectivity index (χ1n) is 8.03. The summed E-state index contributed by atoms with van der Waals surface area (Å²) in [5.41, 5.74) is -0.0541. The molecule has 1 saturated carbocycles. The van der Waals surface area contributed by atoms with Crippen LogP contribution >= 0.6 is 0 Å².